The van der Waals surface area contributed by atoms with Crippen molar-refractivity contribution in [3.63, 3.8) is 0 Å². The van der Waals surface area contributed by atoms with Crippen LogP contribution in [0.25, 0.3) is 0 Å². The maximum absolute atomic E-state index is 12.5. The number of oxazole rings is 1. The van der Waals surface area contributed by atoms with Gasteiger partial charge in [-0.15, -0.1) is 0 Å². The number of hydrogen-bond acceptors (Lipinski definition) is 4. The minimum atomic E-state index is -0.0707. The van der Waals surface area contributed by atoms with Crippen molar-refractivity contribution in [3.05, 3.63) is 76.2 Å². The summed E-state index contributed by atoms with van der Waals surface area (Å²) in [6.07, 6.45) is 8.36. The lowest BCUT2D eigenvalue weighted by atomic mass is 10.00. The van der Waals surface area contributed by atoms with Gasteiger partial charge in [-0.1, -0.05) is 12.1 Å². The van der Waals surface area contributed by atoms with Gasteiger partial charge in [0, 0.05) is 31.3 Å². The van der Waals surface area contributed by atoms with Crippen LogP contribution in [0, 0.1) is 13.8 Å². The predicted octanol–water partition coefficient (Wildman–Crippen LogP) is 3.08. The summed E-state index contributed by atoms with van der Waals surface area (Å²) >= 11 is 0. The van der Waals surface area contributed by atoms with Crippen molar-refractivity contribution in [1.82, 2.24) is 15.2 Å². The molecule has 0 spiro atoms. The Morgan fingerprint density at radius 1 is 1.23 bits per heavy atom. The molecule has 4 rings (SSSR count). The minimum Gasteiger partial charge on any atom is -0.446 e. The van der Waals surface area contributed by atoms with Crippen molar-refractivity contribution in [1.29, 1.82) is 0 Å². The number of nitrogens with zero attached hydrogens (tertiary/aromatic N) is 2. The van der Waals surface area contributed by atoms with Gasteiger partial charge in [-0.2, -0.15) is 0 Å². The summed E-state index contributed by atoms with van der Waals surface area (Å²) in [6.45, 7) is 6.07. The molecule has 1 amide bonds. The van der Waals surface area contributed by atoms with Crippen molar-refractivity contribution in [2.75, 3.05) is 13.1 Å². The van der Waals surface area contributed by atoms with Crippen LogP contribution < -0.4 is 5.32 Å². The Hall–Kier alpha value is -2.82. The van der Waals surface area contributed by atoms with Crippen molar-refractivity contribution in [3.8, 4) is 0 Å². The molecule has 0 saturated heterocycles. The zero-order chi connectivity index (χ0) is 18.1. The number of nitrogens with one attached hydrogen (secondary N) is 1. The highest BCUT2D eigenvalue weighted by atomic mass is 16.4. The van der Waals surface area contributed by atoms with Crippen molar-refractivity contribution in [2.24, 2.45) is 0 Å². The standard InChI is InChI=1S/C21H23N3O2/c1-14-20(23-15(2)26-14)13-22-21(25)18-7-6-16-8-10-24(19-4-3-5-19)11-9-17(16)12-18/h3-7,12H,8-11,13H2,1-2H3,(H,22,25). The molecule has 26 heavy (non-hydrogen) atoms. The normalized spacial score (nSPS) is 15.8. The zero-order valence-electron chi connectivity index (χ0n) is 15.2. The van der Waals surface area contributed by atoms with Gasteiger partial charge in [0.1, 0.15) is 11.5 Å². The van der Waals surface area contributed by atoms with E-state index in [-0.39, 0.29) is 5.91 Å². The van der Waals surface area contributed by atoms with Gasteiger partial charge in [0.15, 0.2) is 5.89 Å². The molecule has 2 heterocycles. The molecule has 0 fully saturated rings. The van der Waals surface area contributed by atoms with Gasteiger partial charge in [0.25, 0.3) is 5.91 Å². The lowest BCUT2D eigenvalue weighted by molar-refractivity contribution is 0.0950. The number of hydrogen-bond donors (Lipinski definition) is 1. The Morgan fingerprint density at radius 3 is 2.65 bits per heavy atom. The molecule has 1 aromatic heterocycles. The van der Waals surface area contributed by atoms with Gasteiger partial charge in [0.2, 0.25) is 0 Å². The number of carbonyl (C=O) groups excluding carboxylic acids is 1. The molecule has 1 aromatic carbocycles. The van der Waals surface area contributed by atoms with Crippen LogP contribution in [0.2, 0.25) is 0 Å². The van der Waals surface area contributed by atoms with E-state index in [9.17, 15) is 4.79 Å². The molecule has 1 aliphatic heterocycles. The van der Waals surface area contributed by atoms with Gasteiger partial charge < -0.3 is 14.6 Å². The molecule has 1 aliphatic carbocycles. The van der Waals surface area contributed by atoms with Crippen LogP contribution in [0.1, 0.15) is 38.8 Å². The van der Waals surface area contributed by atoms with E-state index in [1.807, 2.05) is 26.0 Å². The Morgan fingerprint density at radius 2 is 2.00 bits per heavy atom. The largest absolute Gasteiger partial charge is 0.446 e. The Bertz CT molecular complexity index is 908. The van der Waals surface area contributed by atoms with Crippen LogP contribution >= 0.6 is 0 Å². The van der Waals surface area contributed by atoms with Crippen LogP contribution in [0.3, 0.4) is 0 Å². The van der Waals surface area contributed by atoms with Crippen LogP contribution in [0.15, 0.2) is 46.5 Å². The van der Waals surface area contributed by atoms with E-state index in [1.165, 1.54) is 16.8 Å². The molecule has 0 bridgehead atoms. The summed E-state index contributed by atoms with van der Waals surface area (Å²) in [5.41, 5.74) is 5.42. The van der Waals surface area contributed by atoms with Crippen LogP contribution in [0.5, 0.6) is 0 Å². The molecule has 134 valence electrons. The smallest absolute Gasteiger partial charge is 0.251 e. The summed E-state index contributed by atoms with van der Waals surface area (Å²) in [5, 5.41) is 2.95. The topological polar surface area (TPSA) is 58.4 Å². The molecule has 1 N–H and O–H groups in total. The summed E-state index contributed by atoms with van der Waals surface area (Å²) in [4.78, 5) is 19.2. The number of benzene rings is 1. The van der Waals surface area contributed by atoms with E-state index in [0.29, 0.717) is 18.0 Å². The molecular formula is C21H23N3O2. The third kappa shape index (κ3) is 3.29. The van der Waals surface area contributed by atoms with E-state index < -0.39 is 0 Å². The highest BCUT2D eigenvalue weighted by Crippen LogP contribution is 2.22. The summed E-state index contributed by atoms with van der Waals surface area (Å²) in [7, 11) is 0. The second kappa shape index (κ2) is 6.83. The Kier molecular flexibility index (Phi) is 4.37. The summed E-state index contributed by atoms with van der Waals surface area (Å²) in [6, 6.07) is 6.07. The summed E-state index contributed by atoms with van der Waals surface area (Å²) < 4.78 is 5.41. The van der Waals surface area contributed by atoms with Gasteiger partial charge in [-0.3, -0.25) is 4.79 Å². The fraction of sp³-hybridized carbons (Fsp3) is 0.333. The Balaban J connectivity index is 1.43. The maximum atomic E-state index is 12.5. The number of amides is 1. The third-order valence-electron chi connectivity index (χ3n) is 5.09. The molecule has 0 atom stereocenters. The first-order chi connectivity index (χ1) is 12.6. The quantitative estimate of drug-likeness (QED) is 0.922. The number of carbonyl (C=O) groups is 1. The number of rotatable bonds is 4. The van der Waals surface area contributed by atoms with Gasteiger partial charge in [-0.25, -0.2) is 4.98 Å². The Labute approximate surface area is 153 Å². The lowest BCUT2D eigenvalue weighted by Crippen LogP contribution is -2.26. The first-order valence-electron chi connectivity index (χ1n) is 9.06. The van der Waals surface area contributed by atoms with Gasteiger partial charge in [-0.05, 0) is 55.2 Å². The van der Waals surface area contributed by atoms with Crippen LogP contribution in [0.4, 0.5) is 0 Å². The van der Waals surface area contributed by atoms with Crippen LogP contribution in [-0.2, 0) is 19.4 Å². The van der Waals surface area contributed by atoms with Crippen molar-refractivity contribution < 1.29 is 9.21 Å². The van der Waals surface area contributed by atoms with E-state index in [0.717, 1.165) is 37.4 Å². The third-order valence-corrected chi connectivity index (χ3v) is 5.09. The number of allylic oxidation sites excluding steroid dienone is 3. The van der Waals surface area contributed by atoms with E-state index >= 15 is 0 Å². The molecule has 0 unspecified atom stereocenters. The van der Waals surface area contributed by atoms with Crippen molar-refractivity contribution >= 4 is 5.91 Å². The van der Waals surface area contributed by atoms with E-state index in [2.05, 4.69) is 39.5 Å². The molecule has 5 heteroatoms. The van der Waals surface area contributed by atoms with Gasteiger partial charge >= 0.3 is 0 Å². The molecule has 0 saturated carbocycles. The average molecular weight is 349 g/mol. The average Bonchev–Trinajstić information content (AvgIpc) is 2.78. The van der Waals surface area contributed by atoms with E-state index in [4.69, 9.17) is 4.42 Å². The molecule has 0 radical (unpaired) electrons. The fourth-order valence-electron chi connectivity index (χ4n) is 3.52. The minimum absolute atomic E-state index is 0.0707. The second-order valence-electron chi connectivity index (χ2n) is 6.84. The first kappa shape index (κ1) is 16.6. The van der Waals surface area contributed by atoms with E-state index in [1.54, 1.807) is 0 Å². The SMILES string of the molecule is Cc1nc(CNC(=O)c2ccc3c(c2)CCN(C2=CC=C2)CC3)c(C)o1. The predicted molar refractivity (Wildman–Crippen MR) is 99.8 cm³/mol. The second-order valence-corrected chi connectivity index (χ2v) is 6.84. The molecule has 2 aliphatic rings. The van der Waals surface area contributed by atoms with Crippen molar-refractivity contribution in [2.45, 2.75) is 33.2 Å². The highest BCUT2D eigenvalue weighted by Gasteiger charge is 2.18. The maximum Gasteiger partial charge on any atom is 0.251 e. The monoisotopic (exact) mass is 349 g/mol. The first-order valence-corrected chi connectivity index (χ1v) is 9.06. The molecule has 5 nitrogen and oxygen atoms in total. The number of fused-ring (bicyclic) bond motifs is 1. The number of aryl methyl sites for hydroxylation is 2. The fourth-order valence-corrected chi connectivity index (χ4v) is 3.52. The lowest BCUT2D eigenvalue weighted by Gasteiger charge is -2.26. The zero-order valence-corrected chi connectivity index (χ0v) is 15.2. The van der Waals surface area contributed by atoms with Gasteiger partial charge in [0.05, 0.1) is 6.54 Å². The number of aromatic nitrogens is 1. The van der Waals surface area contributed by atoms with Crippen LogP contribution in [-0.4, -0.2) is 28.9 Å². The molecular weight excluding hydrogens is 326 g/mol. The molecule has 2 aromatic rings. The summed E-state index contributed by atoms with van der Waals surface area (Å²) in [5.74, 6) is 1.31. The highest BCUT2D eigenvalue weighted by molar-refractivity contribution is 5.94.